The number of aliphatic hydroxyl groups is 1. The van der Waals surface area contributed by atoms with Gasteiger partial charge in [-0.25, -0.2) is 4.98 Å². The molecule has 0 saturated heterocycles. The molecule has 0 aromatic carbocycles. The molecule has 1 aromatic heterocycles. The highest BCUT2D eigenvalue weighted by atomic mass is 32.1. The first-order valence-electron chi connectivity index (χ1n) is 5.01. The average molecular weight is 230 g/mol. The highest BCUT2D eigenvalue weighted by Crippen LogP contribution is 2.20. The molecule has 0 radical (unpaired) electrons. The van der Waals surface area contributed by atoms with Crippen LogP contribution >= 0.6 is 11.3 Å². The van der Waals surface area contributed by atoms with Crippen LogP contribution < -0.4 is 4.90 Å². The summed E-state index contributed by atoms with van der Waals surface area (Å²) in [7, 11) is 1.98. The quantitative estimate of drug-likeness (QED) is 0.804. The Morgan fingerprint density at radius 3 is 2.87 bits per heavy atom. The van der Waals surface area contributed by atoms with Gasteiger partial charge in [-0.05, 0) is 13.8 Å². The molecule has 0 spiro atoms. The monoisotopic (exact) mass is 230 g/mol. The number of likely N-dealkylation sites (N-methyl/N-ethyl adjacent to an activating group) is 1. The largest absolute Gasteiger partial charge is 0.391 e. The fourth-order valence-electron chi connectivity index (χ4n) is 1.07. The van der Waals surface area contributed by atoms with Crippen LogP contribution in [0.15, 0.2) is 6.20 Å². The molecule has 0 bridgehead atoms. The molecule has 0 atom stereocenters. The Hall–Kier alpha value is -0.650. The van der Waals surface area contributed by atoms with Gasteiger partial charge in [0.05, 0.1) is 24.2 Å². The Bertz CT molecular complexity index is 289. The second kappa shape index (κ2) is 6.05. The van der Waals surface area contributed by atoms with Crippen molar-refractivity contribution in [3.05, 3.63) is 11.1 Å². The second-order valence-corrected chi connectivity index (χ2v) is 4.70. The van der Waals surface area contributed by atoms with Gasteiger partial charge >= 0.3 is 0 Å². The summed E-state index contributed by atoms with van der Waals surface area (Å²) in [6, 6.07) is 0. The summed E-state index contributed by atoms with van der Waals surface area (Å²) in [5.41, 5.74) is 0. The Morgan fingerprint density at radius 2 is 2.33 bits per heavy atom. The summed E-state index contributed by atoms with van der Waals surface area (Å²) in [5.74, 6) is 0. The van der Waals surface area contributed by atoms with Crippen molar-refractivity contribution in [2.75, 3.05) is 25.1 Å². The Labute approximate surface area is 94.5 Å². The van der Waals surface area contributed by atoms with E-state index in [0.29, 0.717) is 6.61 Å². The van der Waals surface area contributed by atoms with Crippen LogP contribution in [-0.4, -0.2) is 36.4 Å². The minimum absolute atomic E-state index is 0.0635. The molecule has 4 nitrogen and oxygen atoms in total. The zero-order chi connectivity index (χ0) is 11.3. The van der Waals surface area contributed by atoms with E-state index in [9.17, 15) is 0 Å². The molecule has 0 aliphatic rings. The number of thiazole rings is 1. The number of hydrogen-bond donors (Lipinski definition) is 1. The zero-order valence-electron chi connectivity index (χ0n) is 9.43. The van der Waals surface area contributed by atoms with Crippen LogP contribution in [0.3, 0.4) is 0 Å². The average Bonchev–Trinajstić information content (AvgIpc) is 2.65. The first-order valence-corrected chi connectivity index (χ1v) is 5.83. The smallest absolute Gasteiger partial charge is 0.185 e. The SMILES string of the molecule is CC(C)OCCN(C)c1ncc(CO)s1. The van der Waals surface area contributed by atoms with E-state index in [2.05, 4.69) is 4.98 Å². The molecule has 0 saturated carbocycles. The molecular weight excluding hydrogens is 212 g/mol. The van der Waals surface area contributed by atoms with Gasteiger partial charge in [-0.3, -0.25) is 0 Å². The summed E-state index contributed by atoms with van der Waals surface area (Å²) in [6.07, 6.45) is 1.97. The standard InChI is InChI=1S/C10H18N2O2S/c1-8(2)14-5-4-12(3)10-11-6-9(7-13)15-10/h6,8,13H,4-5,7H2,1-3H3. The predicted molar refractivity (Wildman–Crippen MR) is 62.4 cm³/mol. The second-order valence-electron chi connectivity index (χ2n) is 3.61. The van der Waals surface area contributed by atoms with Gasteiger partial charge in [-0.2, -0.15) is 0 Å². The van der Waals surface area contributed by atoms with Gasteiger partial charge in [0.15, 0.2) is 5.13 Å². The molecule has 1 rings (SSSR count). The van der Waals surface area contributed by atoms with Crippen LogP contribution in [0, 0.1) is 0 Å². The third-order valence-corrected chi connectivity index (χ3v) is 3.00. The Morgan fingerprint density at radius 1 is 1.60 bits per heavy atom. The molecule has 0 aliphatic heterocycles. The molecule has 1 aromatic rings. The van der Waals surface area contributed by atoms with Crippen LogP contribution in [0.4, 0.5) is 5.13 Å². The van der Waals surface area contributed by atoms with Crippen molar-refractivity contribution in [1.29, 1.82) is 0 Å². The fourth-order valence-corrected chi connectivity index (χ4v) is 1.82. The van der Waals surface area contributed by atoms with Crippen molar-refractivity contribution < 1.29 is 9.84 Å². The molecule has 0 aliphatic carbocycles. The van der Waals surface area contributed by atoms with Crippen molar-refractivity contribution in [1.82, 2.24) is 4.98 Å². The highest BCUT2D eigenvalue weighted by Gasteiger charge is 2.06. The Balaban J connectivity index is 2.36. The Kier molecular flexibility index (Phi) is 5.01. The molecule has 0 amide bonds. The van der Waals surface area contributed by atoms with E-state index < -0.39 is 0 Å². The van der Waals surface area contributed by atoms with Crippen molar-refractivity contribution in [3.8, 4) is 0 Å². The van der Waals surface area contributed by atoms with E-state index in [-0.39, 0.29) is 12.7 Å². The molecular formula is C10H18N2O2S. The lowest BCUT2D eigenvalue weighted by molar-refractivity contribution is 0.0846. The van der Waals surface area contributed by atoms with Crippen molar-refractivity contribution in [2.45, 2.75) is 26.6 Å². The molecule has 15 heavy (non-hydrogen) atoms. The van der Waals surface area contributed by atoms with Gasteiger partial charge in [0, 0.05) is 19.8 Å². The van der Waals surface area contributed by atoms with Gasteiger partial charge in [0.25, 0.3) is 0 Å². The number of aromatic nitrogens is 1. The summed E-state index contributed by atoms with van der Waals surface area (Å²) in [5, 5.41) is 9.83. The third-order valence-electron chi connectivity index (χ3n) is 1.90. The molecule has 1 N–H and O–H groups in total. The van der Waals surface area contributed by atoms with Crippen LogP contribution in [0.5, 0.6) is 0 Å². The summed E-state index contributed by atoms with van der Waals surface area (Å²) in [6.45, 7) is 5.62. The molecule has 1 heterocycles. The minimum Gasteiger partial charge on any atom is -0.391 e. The van der Waals surface area contributed by atoms with E-state index in [4.69, 9.17) is 9.84 Å². The van der Waals surface area contributed by atoms with Gasteiger partial charge in [-0.15, -0.1) is 0 Å². The van der Waals surface area contributed by atoms with Crippen LogP contribution in [0.25, 0.3) is 0 Å². The zero-order valence-corrected chi connectivity index (χ0v) is 10.3. The first-order chi connectivity index (χ1) is 7.13. The van der Waals surface area contributed by atoms with E-state index in [0.717, 1.165) is 16.6 Å². The van der Waals surface area contributed by atoms with Crippen LogP contribution in [0.2, 0.25) is 0 Å². The molecule has 0 fully saturated rings. The lowest BCUT2D eigenvalue weighted by Gasteiger charge is -2.16. The van der Waals surface area contributed by atoms with Crippen molar-refractivity contribution >= 4 is 16.5 Å². The molecule has 86 valence electrons. The van der Waals surface area contributed by atoms with E-state index in [1.807, 2.05) is 25.8 Å². The van der Waals surface area contributed by atoms with E-state index in [1.54, 1.807) is 6.20 Å². The maximum Gasteiger partial charge on any atom is 0.185 e. The van der Waals surface area contributed by atoms with Crippen LogP contribution in [-0.2, 0) is 11.3 Å². The number of hydrogen-bond acceptors (Lipinski definition) is 5. The number of nitrogens with zero attached hydrogens (tertiary/aromatic N) is 2. The third kappa shape index (κ3) is 4.15. The normalized spacial score (nSPS) is 11.0. The first kappa shape index (κ1) is 12.4. The molecule has 0 unspecified atom stereocenters. The molecule has 5 heteroatoms. The fraction of sp³-hybridized carbons (Fsp3) is 0.700. The summed E-state index contributed by atoms with van der Waals surface area (Å²) >= 11 is 1.51. The lowest BCUT2D eigenvalue weighted by atomic mass is 10.5. The van der Waals surface area contributed by atoms with Gasteiger partial charge in [0.2, 0.25) is 0 Å². The maximum atomic E-state index is 8.91. The number of aliphatic hydroxyl groups excluding tert-OH is 1. The lowest BCUT2D eigenvalue weighted by Crippen LogP contribution is -2.23. The minimum atomic E-state index is 0.0635. The van der Waals surface area contributed by atoms with Gasteiger partial charge < -0.3 is 14.7 Å². The maximum absolute atomic E-state index is 8.91. The van der Waals surface area contributed by atoms with Gasteiger partial charge in [0.1, 0.15) is 0 Å². The van der Waals surface area contributed by atoms with E-state index in [1.165, 1.54) is 11.3 Å². The highest BCUT2D eigenvalue weighted by molar-refractivity contribution is 7.15. The number of ether oxygens (including phenoxy) is 1. The van der Waals surface area contributed by atoms with Gasteiger partial charge in [-0.1, -0.05) is 11.3 Å². The van der Waals surface area contributed by atoms with Crippen molar-refractivity contribution in [3.63, 3.8) is 0 Å². The van der Waals surface area contributed by atoms with Crippen LogP contribution in [0.1, 0.15) is 18.7 Å². The summed E-state index contributed by atoms with van der Waals surface area (Å²) < 4.78 is 5.45. The topological polar surface area (TPSA) is 45.6 Å². The number of anilines is 1. The predicted octanol–water partition coefficient (Wildman–Crippen LogP) is 1.50. The van der Waals surface area contributed by atoms with Crippen molar-refractivity contribution in [2.24, 2.45) is 0 Å². The number of rotatable bonds is 6. The van der Waals surface area contributed by atoms with E-state index >= 15 is 0 Å². The summed E-state index contributed by atoms with van der Waals surface area (Å²) in [4.78, 5) is 7.14.